The molecule has 0 amide bonds. The van der Waals surface area contributed by atoms with Gasteiger partial charge in [-0.05, 0) is 33.8 Å². The second-order valence-corrected chi connectivity index (χ2v) is 9.35. The van der Waals surface area contributed by atoms with Crippen molar-refractivity contribution in [3.05, 3.63) is 140 Å². The van der Waals surface area contributed by atoms with Crippen molar-refractivity contribution in [2.24, 2.45) is 0 Å². The molecule has 1 aromatic heterocycles. The minimum absolute atomic E-state index is 0.461. The molecule has 0 saturated heterocycles. The van der Waals surface area contributed by atoms with Crippen molar-refractivity contribution in [1.82, 2.24) is 9.97 Å². The molecular weight excluding hydrogens is 479 g/mol. The molecule has 39 heavy (non-hydrogen) atoms. The van der Waals surface area contributed by atoms with Gasteiger partial charge in [0.05, 0.1) is 11.4 Å². The normalized spacial score (nSPS) is 10.8. The number of aromatic nitrogens is 2. The van der Waals surface area contributed by atoms with Crippen molar-refractivity contribution < 1.29 is 10.0 Å². The topological polar surface area (TPSA) is 66.2 Å². The molecule has 6 aromatic rings. The van der Waals surface area contributed by atoms with Gasteiger partial charge in [-0.25, -0.2) is 9.97 Å². The van der Waals surface area contributed by atoms with Gasteiger partial charge in [0.15, 0.2) is 5.82 Å². The zero-order valence-electron chi connectivity index (χ0n) is 21.1. The molecule has 2 N–H and O–H groups in total. The lowest BCUT2D eigenvalue weighted by atomic mass is 9.79. The van der Waals surface area contributed by atoms with Crippen molar-refractivity contribution in [3.63, 3.8) is 0 Å². The molecule has 6 rings (SSSR count). The van der Waals surface area contributed by atoms with Gasteiger partial charge in [-0.15, -0.1) is 0 Å². The van der Waals surface area contributed by atoms with E-state index in [2.05, 4.69) is 36.4 Å². The minimum atomic E-state index is -1.50. The number of rotatable bonds is 6. The van der Waals surface area contributed by atoms with Crippen LogP contribution in [-0.2, 0) is 0 Å². The average molecular weight is 504 g/mol. The standard InChI is InChI=1S/C34H25BN2O2/c38-35(39)31-13-7-12-30(22-31)26-16-20-28(21-17-26)33-23-32(36-34(37-33)29-10-5-2-6-11-29)27-18-14-25(15-19-27)24-8-3-1-4-9-24/h1-23,38-39H. The summed E-state index contributed by atoms with van der Waals surface area (Å²) in [6.07, 6.45) is 0. The van der Waals surface area contributed by atoms with E-state index in [-0.39, 0.29) is 0 Å². The van der Waals surface area contributed by atoms with Gasteiger partial charge in [0, 0.05) is 16.7 Å². The number of nitrogens with zero attached hydrogens (tertiary/aromatic N) is 2. The first-order chi connectivity index (χ1) is 19.1. The maximum atomic E-state index is 9.54. The second-order valence-electron chi connectivity index (χ2n) is 9.35. The molecule has 0 atom stereocenters. The quantitative estimate of drug-likeness (QED) is 0.255. The van der Waals surface area contributed by atoms with Crippen LogP contribution in [0.3, 0.4) is 0 Å². The molecule has 0 radical (unpaired) electrons. The number of benzene rings is 5. The van der Waals surface area contributed by atoms with Crippen molar-refractivity contribution in [1.29, 1.82) is 0 Å². The van der Waals surface area contributed by atoms with Gasteiger partial charge < -0.3 is 10.0 Å². The molecule has 5 heteroatoms. The molecule has 186 valence electrons. The third-order valence-corrected chi connectivity index (χ3v) is 6.74. The highest BCUT2D eigenvalue weighted by Crippen LogP contribution is 2.30. The Bertz CT molecular complexity index is 1700. The molecule has 1 heterocycles. The first-order valence-corrected chi connectivity index (χ1v) is 12.8. The second kappa shape index (κ2) is 10.9. The lowest BCUT2D eigenvalue weighted by Gasteiger charge is -2.11. The fourth-order valence-electron chi connectivity index (χ4n) is 4.64. The predicted molar refractivity (Wildman–Crippen MR) is 159 cm³/mol. The first kappa shape index (κ1) is 24.5. The van der Waals surface area contributed by atoms with E-state index in [0.717, 1.165) is 44.8 Å². The summed E-state index contributed by atoms with van der Waals surface area (Å²) in [5.41, 5.74) is 9.33. The monoisotopic (exact) mass is 504 g/mol. The van der Waals surface area contributed by atoms with E-state index in [4.69, 9.17) is 9.97 Å². The van der Waals surface area contributed by atoms with Crippen LogP contribution < -0.4 is 5.46 Å². The van der Waals surface area contributed by atoms with E-state index in [1.54, 1.807) is 12.1 Å². The van der Waals surface area contributed by atoms with E-state index < -0.39 is 7.12 Å². The summed E-state index contributed by atoms with van der Waals surface area (Å²) in [6, 6.07) is 46.2. The predicted octanol–water partition coefficient (Wildman–Crippen LogP) is 6.49. The van der Waals surface area contributed by atoms with Gasteiger partial charge in [0.25, 0.3) is 0 Å². The lowest BCUT2D eigenvalue weighted by molar-refractivity contribution is 0.426. The Hall–Kier alpha value is -4.84. The van der Waals surface area contributed by atoms with Gasteiger partial charge >= 0.3 is 7.12 Å². The Kier molecular flexibility index (Phi) is 6.83. The third kappa shape index (κ3) is 5.41. The van der Waals surface area contributed by atoms with Crippen LogP contribution >= 0.6 is 0 Å². The van der Waals surface area contributed by atoms with Crippen LogP contribution in [0.4, 0.5) is 0 Å². The van der Waals surface area contributed by atoms with Crippen LogP contribution in [-0.4, -0.2) is 27.1 Å². The van der Waals surface area contributed by atoms with Crippen molar-refractivity contribution >= 4 is 12.6 Å². The van der Waals surface area contributed by atoms with Gasteiger partial charge in [-0.3, -0.25) is 0 Å². The molecule has 0 bridgehead atoms. The van der Waals surface area contributed by atoms with Gasteiger partial charge in [0.2, 0.25) is 0 Å². The molecule has 0 aliphatic heterocycles. The molecule has 4 nitrogen and oxygen atoms in total. The van der Waals surface area contributed by atoms with Gasteiger partial charge in [0.1, 0.15) is 0 Å². The smallest absolute Gasteiger partial charge is 0.423 e. The molecular formula is C34H25BN2O2. The summed E-state index contributed by atoms with van der Waals surface area (Å²) >= 11 is 0. The third-order valence-electron chi connectivity index (χ3n) is 6.74. The van der Waals surface area contributed by atoms with Crippen LogP contribution in [0.5, 0.6) is 0 Å². The summed E-state index contributed by atoms with van der Waals surface area (Å²) in [5, 5.41) is 19.1. The van der Waals surface area contributed by atoms with E-state index in [1.807, 2.05) is 91.0 Å². The zero-order valence-corrected chi connectivity index (χ0v) is 21.1. The van der Waals surface area contributed by atoms with Crippen LogP contribution in [0.1, 0.15) is 0 Å². The summed E-state index contributed by atoms with van der Waals surface area (Å²) in [4.78, 5) is 9.86. The van der Waals surface area contributed by atoms with E-state index in [0.29, 0.717) is 11.3 Å². The number of hydrogen-bond acceptors (Lipinski definition) is 4. The van der Waals surface area contributed by atoms with Crippen LogP contribution in [0, 0.1) is 0 Å². The molecule has 0 saturated carbocycles. The summed E-state index contributed by atoms with van der Waals surface area (Å²) in [6.45, 7) is 0. The lowest BCUT2D eigenvalue weighted by Crippen LogP contribution is -2.29. The van der Waals surface area contributed by atoms with E-state index in [1.165, 1.54) is 5.56 Å². The fourth-order valence-corrected chi connectivity index (χ4v) is 4.64. The molecule has 0 aliphatic rings. The average Bonchev–Trinajstić information content (AvgIpc) is 3.02. The Morgan fingerprint density at radius 2 is 0.821 bits per heavy atom. The van der Waals surface area contributed by atoms with Crippen molar-refractivity contribution in [3.8, 4) is 56.2 Å². The Morgan fingerprint density at radius 3 is 1.36 bits per heavy atom. The maximum absolute atomic E-state index is 9.54. The highest BCUT2D eigenvalue weighted by atomic mass is 16.4. The summed E-state index contributed by atoms with van der Waals surface area (Å²) < 4.78 is 0. The first-order valence-electron chi connectivity index (χ1n) is 12.8. The van der Waals surface area contributed by atoms with Gasteiger partial charge in [-0.1, -0.05) is 133 Å². The summed E-state index contributed by atoms with van der Waals surface area (Å²) in [5.74, 6) is 0.670. The SMILES string of the molecule is OB(O)c1cccc(-c2ccc(-c3cc(-c4ccc(-c5ccccc5)cc4)nc(-c4ccccc4)n3)cc2)c1. The minimum Gasteiger partial charge on any atom is -0.423 e. The Morgan fingerprint density at radius 1 is 0.385 bits per heavy atom. The zero-order chi connectivity index (χ0) is 26.6. The molecule has 5 aromatic carbocycles. The molecule has 0 unspecified atom stereocenters. The largest absolute Gasteiger partial charge is 0.488 e. The van der Waals surface area contributed by atoms with E-state index in [9.17, 15) is 10.0 Å². The fraction of sp³-hybridized carbons (Fsp3) is 0. The number of hydrogen-bond donors (Lipinski definition) is 2. The molecule has 0 spiro atoms. The summed E-state index contributed by atoms with van der Waals surface area (Å²) in [7, 11) is -1.50. The van der Waals surface area contributed by atoms with Crippen molar-refractivity contribution in [2.45, 2.75) is 0 Å². The van der Waals surface area contributed by atoms with E-state index >= 15 is 0 Å². The molecule has 0 fully saturated rings. The van der Waals surface area contributed by atoms with Crippen LogP contribution in [0.25, 0.3) is 56.2 Å². The highest BCUT2D eigenvalue weighted by Gasteiger charge is 2.13. The Labute approximate surface area is 228 Å². The highest BCUT2D eigenvalue weighted by molar-refractivity contribution is 6.58. The maximum Gasteiger partial charge on any atom is 0.488 e. The van der Waals surface area contributed by atoms with Gasteiger partial charge in [-0.2, -0.15) is 0 Å². The Balaban J connectivity index is 1.39. The molecule has 0 aliphatic carbocycles. The van der Waals surface area contributed by atoms with Crippen molar-refractivity contribution in [2.75, 3.05) is 0 Å². The van der Waals surface area contributed by atoms with Crippen LogP contribution in [0.2, 0.25) is 0 Å². The van der Waals surface area contributed by atoms with Crippen LogP contribution in [0.15, 0.2) is 140 Å².